The third-order valence-electron chi connectivity index (χ3n) is 5.32. The number of amides is 1. The van der Waals surface area contributed by atoms with Crippen LogP contribution in [0.25, 0.3) is 5.69 Å². The van der Waals surface area contributed by atoms with Gasteiger partial charge in [-0.1, -0.05) is 6.07 Å². The van der Waals surface area contributed by atoms with Gasteiger partial charge in [-0.2, -0.15) is 28.2 Å². The second-order valence-electron chi connectivity index (χ2n) is 7.40. The van der Waals surface area contributed by atoms with Gasteiger partial charge >= 0.3 is 6.18 Å². The molecule has 0 spiro atoms. The van der Waals surface area contributed by atoms with Gasteiger partial charge in [0.2, 0.25) is 0 Å². The van der Waals surface area contributed by atoms with Gasteiger partial charge in [-0.15, -0.1) is 0 Å². The summed E-state index contributed by atoms with van der Waals surface area (Å²) in [5, 5.41) is 7.74. The van der Waals surface area contributed by atoms with Gasteiger partial charge in [-0.25, -0.2) is 23.1 Å². The highest BCUT2D eigenvalue weighted by Crippen LogP contribution is 2.38. The Hall–Kier alpha value is -3.51. The Morgan fingerprint density at radius 3 is 2.42 bits per heavy atom. The molecule has 1 aliphatic heterocycles. The van der Waals surface area contributed by atoms with Crippen molar-refractivity contribution in [2.45, 2.75) is 37.4 Å². The van der Waals surface area contributed by atoms with Crippen molar-refractivity contribution in [2.75, 3.05) is 6.54 Å². The Morgan fingerprint density at radius 2 is 1.79 bits per heavy atom. The first-order chi connectivity index (χ1) is 15.6. The minimum atomic E-state index is -4.62. The number of carbonyl (C=O) groups is 1. The number of rotatable bonds is 5. The minimum Gasteiger partial charge on any atom is -0.329 e. The molecule has 3 heterocycles. The Morgan fingerprint density at radius 1 is 1.12 bits per heavy atom. The van der Waals surface area contributed by atoms with E-state index >= 15 is 0 Å². The molecule has 33 heavy (non-hydrogen) atoms. The van der Waals surface area contributed by atoms with Crippen molar-refractivity contribution in [1.82, 2.24) is 29.9 Å². The van der Waals surface area contributed by atoms with Crippen LogP contribution in [0, 0.1) is 5.82 Å². The fraction of sp³-hybridized carbons (Fsp3) is 0.350. The van der Waals surface area contributed by atoms with E-state index in [9.17, 15) is 31.1 Å². The first-order valence-electron chi connectivity index (χ1n) is 9.80. The van der Waals surface area contributed by atoms with Crippen molar-refractivity contribution in [1.29, 1.82) is 0 Å². The van der Waals surface area contributed by atoms with E-state index in [1.807, 2.05) is 0 Å². The second kappa shape index (κ2) is 8.45. The Balaban J connectivity index is 1.58. The predicted molar refractivity (Wildman–Crippen MR) is 101 cm³/mol. The quantitative estimate of drug-likeness (QED) is 0.532. The molecule has 0 aliphatic carbocycles. The summed E-state index contributed by atoms with van der Waals surface area (Å²) in [5.74, 6) is -5.24. The SMILES string of the molecule is O=C(c1c(F)cccc1-n1nccn1)N1CCC(F)(F)[C@H]1CCc1ncc(C(F)(F)F)cn1. The van der Waals surface area contributed by atoms with Crippen LogP contribution >= 0.6 is 0 Å². The van der Waals surface area contributed by atoms with Crippen molar-refractivity contribution < 1.29 is 31.1 Å². The highest BCUT2D eigenvalue weighted by Gasteiger charge is 2.51. The molecule has 7 nitrogen and oxygen atoms in total. The van der Waals surface area contributed by atoms with Gasteiger partial charge in [0.25, 0.3) is 11.8 Å². The number of hydrogen-bond acceptors (Lipinski definition) is 5. The van der Waals surface area contributed by atoms with Crippen molar-refractivity contribution in [3.8, 4) is 5.69 Å². The van der Waals surface area contributed by atoms with Gasteiger partial charge in [-0.3, -0.25) is 4.79 Å². The zero-order chi connectivity index (χ0) is 23.8. The van der Waals surface area contributed by atoms with Crippen LogP contribution in [-0.4, -0.2) is 54.3 Å². The molecule has 1 fully saturated rings. The zero-order valence-electron chi connectivity index (χ0n) is 16.8. The number of halogens is 6. The van der Waals surface area contributed by atoms with E-state index in [-0.39, 0.29) is 30.9 Å². The highest BCUT2D eigenvalue weighted by molar-refractivity contribution is 5.98. The van der Waals surface area contributed by atoms with Crippen LogP contribution in [-0.2, 0) is 12.6 Å². The molecule has 13 heteroatoms. The Kier molecular flexibility index (Phi) is 5.80. The van der Waals surface area contributed by atoms with E-state index in [1.165, 1.54) is 24.5 Å². The lowest BCUT2D eigenvalue weighted by Gasteiger charge is -2.28. The zero-order valence-corrected chi connectivity index (χ0v) is 16.8. The van der Waals surface area contributed by atoms with Crippen LogP contribution in [0.4, 0.5) is 26.3 Å². The summed E-state index contributed by atoms with van der Waals surface area (Å²) in [6.07, 6.45) is -2.02. The molecule has 0 unspecified atom stereocenters. The molecule has 1 atom stereocenters. The molecule has 1 aromatic carbocycles. The van der Waals surface area contributed by atoms with Gasteiger partial charge in [0.05, 0.1) is 24.0 Å². The lowest BCUT2D eigenvalue weighted by Crippen LogP contribution is -2.43. The first kappa shape index (κ1) is 22.7. The Labute approximate surface area is 183 Å². The number of carbonyl (C=O) groups excluding carboxylic acids is 1. The monoisotopic (exact) mass is 470 g/mol. The maximum atomic E-state index is 14.6. The fourth-order valence-electron chi connectivity index (χ4n) is 3.70. The van der Waals surface area contributed by atoms with Gasteiger partial charge in [-0.05, 0) is 18.6 Å². The van der Waals surface area contributed by atoms with E-state index in [2.05, 4.69) is 20.2 Å². The number of hydrogen-bond donors (Lipinski definition) is 0. The predicted octanol–water partition coefficient (Wildman–Crippen LogP) is 3.70. The molecule has 1 saturated heterocycles. The smallest absolute Gasteiger partial charge is 0.329 e. The van der Waals surface area contributed by atoms with E-state index in [0.29, 0.717) is 12.4 Å². The van der Waals surface area contributed by atoms with Crippen LogP contribution in [0.15, 0.2) is 43.0 Å². The van der Waals surface area contributed by atoms with Gasteiger partial charge < -0.3 is 4.90 Å². The largest absolute Gasteiger partial charge is 0.419 e. The van der Waals surface area contributed by atoms with Gasteiger partial charge in [0, 0.05) is 31.8 Å². The average Bonchev–Trinajstić information content (AvgIpc) is 3.39. The third kappa shape index (κ3) is 4.52. The van der Waals surface area contributed by atoms with E-state index in [4.69, 9.17) is 0 Å². The van der Waals surface area contributed by atoms with Crippen molar-refractivity contribution in [2.24, 2.45) is 0 Å². The maximum absolute atomic E-state index is 14.6. The van der Waals surface area contributed by atoms with Crippen LogP contribution in [0.1, 0.15) is 34.6 Å². The maximum Gasteiger partial charge on any atom is 0.419 e. The molecule has 3 aromatic rings. The second-order valence-corrected chi connectivity index (χ2v) is 7.40. The standard InChI is InChI=1S/C20H16F6N6O/c21-13-2-1-3-14(32-29-7-8-30-32)17(13)18(33)31-9-6-19(22,23)15(31)4-5-16-27-10-12(11-28-16)20(24,25)26/h1-3,7-8,10-11,15H,4-6,9H2/t15-/m1/s1. The summed E-state index contributed by atoms with van der Waals surface area (Å²) in [5.41, 5.74) is -1.53. The van der Waals surface area contributed by atoms with Crippen molar-refractivity contribution in [3.05, 3.63) is 65.8 Å². The fourth-order valence-corrected chi connectivity index (χ4v) is 3.70. The summed E-state index contributed by atoms with van der Waals surface area (Å²) >= 11 is 0. The highest BCUT2D eigenvalue weighted by atomic mass is 19.4. The molecule has 2 aromatic heterocycles. The third-order valence-corrected chi connectivity index (χ3v) is 5.32. The molecule has 4 rings (SSSR count). The molecular formula is C20H16F6N6O. The molecular weight excluding hydrogens is 454 g/mol. The van der Waals surface area contributed by atoms with E-state index in [1.54, 1.807) is 0 Å². The summed E-state index contributed by atoms with van der Waals surface area (Å²) in [7, 11) is 0. The Bertz CT molecular complexity index is 1130. The molecule has 0 N–H and O–H groups in total. The molecule has 0 saturated carbocycles. The molecule has 0 bridgehead atoms. The van der Waals surface area contributed by atoms with Crippen LogP contribution in [0.3, 0.4) is 0 Å². The topological polar surface area (TPSA) is 76.8 Å². The molecule has 0 radical (unpaired) electrons. The van der Waals surface area contributed by atoms with Crippen molar-refractivity contribution >= 4 is 5.91 Å². The minimum absolute atomic E-state index is 0.00922. The van der Waals surface area contributed by atoms with Crippen LogP contribution in [0.2, 0.25) is 0 Å². The van der Waals surface area contributed by atoms with Crippen molar-refractivity contribution in [3.63, 3.8) is 0 Å². The van der Waals surface area contributed by atoms with Gasteiger partial charge in [0.1, 0.15) is 22.9 Å². The summed E-state index contributed by atoms with van der Waals surface area (Å²) in [6, 6.07) is 2.13. The molecule has 1 aliphatic rings. The lowest BCUT2D eigenvalue weighted by atomic mass is 10.0. The van der Waals surface area contributed by atoms with E-state index < -0.39 is 47.4 Å². The number of benzene rings is 1. The summed E-state index contributed by atoms with van der Waals surface area (Å²) in [6.45, 7) is -0.329. The van der Waals surface area contributed by atoms with E-state index in [0.717, 1.165) is 15.8 Å². The number of nitrogens with zero attached hydrogens (tertiary/aromatic N) is 6. The van der Waals surface area contributed by atoms with Crippen LogP contribution < -0.4 is 0 Å². The average molecular weight is 470 g/mol. The summed E-state index contributed by atoms with van der Waals surface area (Å²) < 4.78 is 81.9. The lowest BCUT2D eigenvalue weighted by molar-refractivity contribution is -0.138. The number of alkyl halides is 5. The molecule has 174 valence electrons. The molecule has 1 amide bonds. The number of likely N-dealkylation sites (tertiary alicyclic amines) is 1. The van der Waals surface area contributed by atoms with Crippen LogP contribution in [0.5, 0.6) is 0 Å². The summed E-state index contributed by atoms with van der Waals surface area (Å²) in [4.78, 5) is 22.2. The number of aromatic nitrogens is 5. The van der Waals surface area contributed by atoms with Gasteiger partial charge in [0.15, 0.2) is 0 Å². The number of aryl methyl sites for hydroxylation is 1. The first-order valence-corrected chi connectivity index (χ1v) is 9.80. The normalized spacial score (nSPS) is 18.0.